The number of hydrogen-bond acceptors (Lipinski definition) is 5. The Morgan fingerprint density at radius 2 is 1.85 bits per heavy atom. The molecule has 0 radical (unpaired) electrons. The Balaban J connectivity index is 1.77. The number of nitrogens with two attached hydrogens (primary N) is 1. The Morgan fingerprint density at radius 3 is 2.58 bits per heavy atom. The monoisotopic (exact) mass is 465 g/mol. The summed E-state index contributed by atoms with van der Waals surface area (Å²) >= 11 is 6.11. The second-order valence-corrected chi connectivity index (χ2v) is 8.50. The first-order valence-corrected chi connectivity index (χ1v) is 11.4. The van der Waals surface area contributed by atoms with Crippen LogP contribution in [0.4, 0.5) is 10.2 Å². The number of fused-ring (bicyclic) bond motifs is 1. The molecule has 0 unspecified atom stereocenters. The van der Waals surface area contributed by atoms with Crippen molar-refractivity contribution in [1.82, 2.24) is 4.98 Å². The van der Waals surface area contributed by atoms with Gasteiger partial charge in [0.1, 0.15) is 41.4 Å². The van der Waals surface area contributed by atoms with Gasteiger partial charge in [0.25, 0.3) is 0 Å². The van der Waals surface area contributed by atoms with Crippen molar-refractivity contribution in [2.75, 3.05) is 12.8 Å². The highest BCUT2D eigenvalue weighted by molar-refractivity contribution is 6.32. The minimum atomic E-state index is -0.428. The van der Waals surface area contributed by atoms with Gasteiger partial charge in [-0.25, -0.2) is 9.37 Å². The van der Waals surface area contributed by atoms with Crippen molar-refractivity contribution < 1.29 is 13.9 Å². The van der Waals surface area contributed by atoms with Crippen LogP contribution >= 0.6 is 11.6 Å². The fourth-order valence-corrected chi connectivity index (χ4v) is 4.56. The average Bonchev–Trinajstić information content (AvgIpc) is 2.79. The van der Waals surface area contributed by atoms with E-state index in [1.54, 1.807) is 7.11 Å². The molecule has 0 saturated carbocycles. The second kappa shape index (κ2) is 10.1. The zero-order chi connectivity index (χ0) is 23.4. The van der Waals surface area contributed by atoms with E-state index in [1.165, 1.54) is 24.6 Å². The molecule has 1 aliphatic carbocycles. The zero-order valence-electron chi connectivity index (χ0n) is 18.5. The number of nitrogen functional groups attached to an aromatic ring is 1. The van der Waals surface area contributed by atoms with Crippen LogP contribution in [-0.2, 0) is 19.4 Å². The number of ether oxygens (including phenoxy) is 2. The van der Waals surface area contributed by atoms with E-state index < -0.39 is 5.82 Å². The molecule has 33 heavy (non-hydrogen) atoms. The van der Waals surface area contributed by atoms with E-state index >= 15 is 0 Å². The lowest BCUT2D eigenvalue weighted by Gasteiger charge is -2.20. The number of nitriles is 1. The van der Waals surface area contributed by atoms with E-state index in [2.05, 4.69) is 11.1 Å². The molecule has 0 fully saturated rings. The summed E-state index contributed by atoms with van der Waals surface area (Å²) in [6, 6.07) is 12.0. The zero-order valence-corrected chi connectivity index (χ0v) is 19.2. The first-order valence-electron chi connectivity index (χ1n) is 11.0. The topological polar surface area (TPSA) is 81.2 Å². The summed E-state index contributed by atoms with van der Waals surface area (Å²) in [6.45, 7) is 0.160. The van der Waals surface area contributed by atoms with Crippen LogP contribution in [0.1, 0.15) is 48.1 Å². The van der Waals surface area contributed by atoms with Crippen LogP contribution in [0.3, 0.4) is 0 Å². The van der Waals surface area contributed by atoms with Crippen molar-refractivity contribution in [2.24, 2.45) is 0 Å². The molecule has 5 nitrogen and oxygen atoms in total. The maximum absolute atomic E-state index is 13.4. The van der Waals surface area contributed by atoms with E-state index in [0.29, 0.717) is 17.1 Å². The van der Waals surface area contributed by atoms with Gasteiger partial charge in [-0.15, -0.1) is 0 Å². The normalized spacial score (nSPS) is 13.4. The van der Waals surface area contributed by atoms with Gasteiger partial charge in [0.2, 0.25) is 0 Å². The number of rotatable bonds is 5. The number of benzene rings is 2. The number of anilines is 1. The van der Waals surface area contributed by atoms with Crippen molar-refractivity contribution in [1.29, 1.82) is 5.26 Å². The summed E-state index contributed by atoms with van der Waals surface area (Å²) < 4.78 is 24.8. The Labute approximate surface area is 197 Å². The molecule has 0 atom stereocenters. The van der Waals surface area contributed by atoms with Gasteiger partial charge < -0.3 is 15.2 Å². The van der Waals surface area contributed by atoms with Gasteiger partial charge in [0, 0.05) is 16.8 Å². The summed E-state index contributed by atoms with van der Waals surface area (Å²) in [5.41, 5.74) is 11.2. The Bertz CT molecular complexity index is 1220. The second-order valence-electron chi connectivity index (χ2n) is 8.09. The lowest BCUT2D eigenvalue weighted by molar-refractivity contribution is 0.296. The SMILES string of the molecule is COc1ccc(-c2c(C#N)c(N)nc3c2CCCCCC3)cc1COc1ccc(F)cc1Cl. The van der Waals surface area contributed by atoms with Crippen molar-refractivity contribution in [2.45, 2.75) is 45.1 Å². The van der Waals surface area contributed by atoms with E-state index in [9.17, 15) is 9.65 Å². The Morgan fingerprint density at radius 1 is 1.09 bits per heavy atom. The molecule has 0 bridgehead atoms. The third-order valence-corrected chi connectivity index (χ3v) is 6.26. The quantitative estimate of drug-likeness (QED) is 0.482. The highest BCUT2D eigenvalue weighted by atomic mass is 35.5. The average molecular weight is 466 g/mol. The number of hydrogen-bond donors (Lipinski definition) is 1. The van der Waals surface area contributed by atoms with Crippen LogP contribution in [0.5, 0.6) is 11.5 Å². The maximum atomic E-state index is 13.4. The molecule has 3 aromatic rings. The molecule has 0 saturated heterocycles. The number of pyridine rings is 1. The van der Waals surface area contributed by atoms with Crippen LogP contribution in [0.15, 0.2) is 36.4 Å². The largest absolute Gasteiger partial charge is 0.496 e. The van der Waals surface area contributed by atoms with Crippen LogP contribution < -0.4 is 15.2 Å². The molecule has 170 valence electrons. The van der Waals surface area contributed by atoms with E-state index in [1.807, 2.05) is 18.2 Å². The molecular weight excluding hydrogens is 441 g/mol. The highest BCUT2D eigenvalue weighted by Crippen LogP contribution is 2.37. The Kier molecular flexibility index (Phi) is 7.00. The van der Waals surface area contributed by atoms with Gasteiger partial charge in [-0.3, -0.25) is 0 Å². The standard InChI is InChI=1S/C26H25ClFN3O2/c1-32-23-10-8-16(12-17(23)15-33-24-11-9-18(28)13-21(24)27)25-19-6-4-2-3-5-7-22(19)31-26(30)20(25)14-29/h8-13H,2-7,15H2,1H3,(H2,30,31). The lowest BCUT2D eigenvalue weighted by Crippen LogP contribution is -2.10. The van der Waals surface area contributed by atoms with Crippen LogP contribution in [-0.4, -0.2) is 12.1 Å². The van der Waals surface area contributed by atoms with Gasteiger partial charge >= 0.3 is 0 Å². The molecule has 0 amide bonds. The van der Waals surface area contributed by atoms with Gasteiger partial charge in [0.15, 0.2) is 0 Å². The summed E-state index contributed by atoms with van der Waals surface area (Å²) in [6.07, 6.45) is 6.15. The predicted molar refractivity (Wildman–Crippen MR) is 127 cm³/mol. The molecule has 0 aliphatic heterocycles. The fraction of sp³-hybridized carbons (Fsp3) is 0.308. The number of aromatic nitrogens is 1. The number of aryl methyl sites for hydroxylation is 1. The maximum Gasteiger partial charge on any atom is 0.142 e. The first kappa shape index (κ1) is 22.9. The lowest BCUT2D eigenvalue weighted by atomic mass is 9.87. The third kappa shape index (κ3) is 4.89. The summed E-state index contributed by atoms with van der Waals surface area (Å²) in [7, 11) is 1.59. The molecule has 2 aromatic carbocycles. The molecule has 0 spiro atoms. The first-order chi connectivity index (χ1) is 16.0. The van der Waals surface area contributed by atoms with Crippen LogP contribution in [0.2, 0.25) is 5.02 Å². The van der Waals surface area contributed by atoms with Crippen molar-refractivity contribution >= 4 is 17.4 Å². The van der Waals surface area contributed by atoms with Crippen LogP contribution in [0.25, 0.3) is 11.1 Å². The molecular formula is C26H25ClFN3O2. The predicted octanol–water partition coefficient (Wildman–Crippen LogP) is 6.24. The molecule has 1 heterocycles. The smallest absolute Gasteiger partial charge is 0.142 e. The molecule has 1 aromatic heterocycles. The van der Waals surface area contributed by atoms with Crippen molar-refractivity contribution in [3.63, 3.8) is 0 Å². The number of methoxy groups -OCH3 is 1. The van der Waals surface area contributed by atoms with Gasteiger partial charge in [0.05, 0.1) is 12.1 Å². The number of halogens is 2. The third-order valence-electron chi connectivity index (χ3n) is 5.96. The Hall–Kier alpha value is -3.30. The molecule has 1 aliphatic rings. The van der Waals surface area contributed by atoms with E-state index in [-0.39, 0.29) is 17.4 Å². The fourth-order valence-electron chi connectivity index (χ4n) is 4.34. The minimum absolute atomic E-state index is 0.160. The van der Waals surface area contributed by atoms with Crippen LogP contribution in [0, 0.1) is 17.1 Å². The molecule has 4 rings (SSSR count). The molecule has 7 heteroatoms. The molecule has 2 N–H and O–H groups in total. The van der Waals surface area contributed by atoms with Crippen molar-refractivity contribution in [3.8, 4) is 28.7 Å². The summed E-state index contributed by atoms with van der Waals surface area (Å²) in [5, 5.41) is 10.1. The summed E-state index contributed by atoms with van der Waals surface area (Å²) in [4.78, 5) is 4.58. The summed E-state index contributed by atoms with van der Waals surface area (Å²) in [5.74, 6) is 0.850. The van der Waals surface area contributed by atoms with Gasteiger partial charge in [-0.1, -0.05) is 30.5 Å². The van der Waals surface area contributed by atoms with Gasteiger partial charge in [-0.05, 0) is 67.1 Å². The van der Waals surface area contributed by atoms with E-state index in [0.717, 1.165) is 60.1 Å². The van der Waals surface area contributed by atoms with E-state index in [4.69, 9.17) is 26.8 Å². The number of nitrogens with zero attached hydrogens (tertiary/aromatic N) is 2. The minimum Gasteiger partial charge on any atom is -0.496 e. The highest BCUT2D eigenvalue weighted by Gasteiger charge is 2.21. The van der Waals surface area contributed by atoms with Gasteiger partial charge in [-0.2, -0.15) is 5.26 Å². The van der Waals surface area contributed by atoms with Crippen molar-refractivity contribution in [3.05, 3.63) is 69.6 Å².